The predicted octanol–water partition coefficient (Wildman–Crippen LogP) is 1.89. The second-order valence-corrected chi connectivity index (χ2v) is 6.82. The fraction of sp³-hybridized carbons (Fsp3) is 0.474. The van der Waals surface area contributed by atoms with Crippen LogP contribution in [-0.4, -0.2) is 47.0 Å². The number of benzene rings is 1. The first-order valence-corrected chi connectivity index (χ1v) is 8.46. The third kappa shape index (κ3) is 9.13. The lowest BCUT2D eigenvalue weighted by Gasteiger charge is -2.22. The lowest BCUT2D eigenvalue weighted by Crippen LogP contribution is -2.36. The highest BCUT2D eigenvalue weighted by molar-refractivity contribution is 5.85. The molecule has 2 atom stereocenters. The Morgan fingerprint density at radius 2 is 1.64 bits per heavy atom. The molecule has 1 aromatic rings. The van der Waals surface area contributed by atoms with Gasteiger partial charge in [-0.15, -0.1) is 0 Å². The third-order valence-electron chi connectivity index (χ3n) is 3.06. The highest BCUT2D eigenvalue weighted by Crippen LogP contribution is 2.13. The van der Waals surface area contributed by atoms with Gasteiger partial charge in [-0.3, -0.25) is 9.59 Å². The molecule has 28 heavy (non-hydrogen) atoms. The largest absolute Gasteiger partial charge is 0.509 e. The van der Waals surface area contributed by atoms with E-state index < -0.39 is 48.3 Å². The van der Waals surface area contributed by atoms with Crippen LogP contribution < -0.4 is 0 Å². The van der Waals surface area contributed by atoms with Gasteiger partial charge in [-0.1, -0.05) is 30.3 Å². The zero-order valence-corrected chi connectivity index (χ0v) is 16.2. The number of ketones is 1. The summed E-state index contributed by atoms with van der Waals surface area (Å²) < 4.78 is 19.4. The van der Waals surface area contributed by atoms with Gasteiger partial charge in [0.25, 0.3) is 6.29 Å². The maximum absolute atomic E-state index is 12.3. The third-order valence-corrected chi connectivity index (χ3v) is 3.06. The average Bonchev–Trinajstić information content (AvgIpc) is 2.58. The van der Waals surface area contributed by atoms with E-state index in [1.807, 2.05) is 0 Å². The van der Waals surface area contributed by atoms with Gasteiger partial charge < -0.3 is 24.1 Å². The van der Waals surface area contributed by atoms with Crippen LogP contribution in [0.3, 0.4) is 0 Å². The molecule has 0 amide bonds. The van der Waals surface area contributed by atoms with E-state index in [1.54, 1.807) is 51.1 Å². The first-order chi connectivity index (χ1) is 13.0. The molecule has 0 saturated carbocycles. The average molecular weight is 396 g/mol. The SMILES string of the molecule is CC(=O)[C@H](O)OC(=O)C[C@H](OC(=O)OC(C)(C)C)C(=O)OCc1ccccc1. The Morgan fingerprint density at radius 1 is 1.04 bits per heavy atom. The van der Waals surface area contributed by atoms with E-state index in [1.165, 1.54) is 0 Å². The fourth-order valence-electron chi connectivity index (χ4n) is 1.79. The molecular weight excluding hydrogens is 372 g/mol. The standard InChI is InChI=1S/C19H24O9/c1-12(20)16(22)27-15(21)10-14(26-18(24)28-19(2,3)4)17(23)25-11-13-8-6-5-7-9-13/h5-9,14,16,22H,10-11H2,1-4H3/t14-,16+/m0/s1. The maximum Gasteiger partial charge on any atom is 0.509 e. The molecule has 1 rings (SSSR count). The summed E-state index contributed by atoms with van der Waals surface area (Å²) in [5, 5.41) is 9.29. The molecule has 0 radical (unpaired) electrons. The molecule has 9 nitrogen and oxygen atoms in total. The molecule has 1 aromatic carbocycles. The summed E-state index contributed by atoms with van der Waals surface area (Å²) in [6.07, 6.45) is -5.61. The minimum Gasteiger partial charge on any atom is -0.458 e. The molecule has 0 spiro atoms. The predicted molar refractivity (Wildman–Crippen MR) is 94.7 cm³/mol. The number of hydrogen-bond donors (Lipinski definition) is 1. The quantitative estimate of drug-likeness (QED) is 0.398. The summed E-state index contributed by atoms with van der Waals surface area (Å²) in [4.78, 5) is 46.9. The zero-order chi connectivity index (χ0) is 21.3. The van der Waals surface area contributed by atoms with E-state index in [0.717, 1.165) is 6.92 Å². The molecule has 9 heteroatoms. The topological polar surface area (TPSA) is 125 Å². The van der Waals surface area contributed by atoms with Crippen LogP contribution >= 0.6 is 0 Å². The van der Waals surface area contributed by atoms with E-state index in [4.69, 9.17) is 14.2 Å². The molecule has 154 valence electrons. The number of hydrogen-bond acceptors (Lipinski definition) is 9. The number of carbonyl (C=O) groups is 4. The highest BCUT2D eigenvalue weighted by atomic mass is 16.7. The van der Waals surface area contributed by atoms with Gasteiger partial charge in [0.2, 0.25) is 6.10 Å². The minimum absolute atomic E-state index is 0.112. The first-order valence-electron chi connectivity index (χ1n) is 8.46. The van der Waals surface area contributed by atoms with Crippen LogP contribution in [0.25, 0.3) is 0 Å². The van der Waals surface area contributed by atoms with Gasteiger partial charge >= 0.3 is 18.1 Å². The second kappa shape index (κ2) is 10.4. The van der Waals surface area contributed by atoms with Crippen molar-refractivity contribution in [1.82, 2.24) is 0 Å². The molecule has 0 aromatic heterocycles. The molecule has 0 saturated heterocycles. The van der Waals surface area contributed by atoms with Crippen molar-refractivity contribution in [2.24, 2.45) is 0 Å². The van der Waals surface area contributed by atoms with E-state index in [-0.39, 0.29) is 6.61 Å². The Morgan fingerprint density at radius 3 is 2.18 bits per heavy atom. The van der Waals surface area contributed by atoms with Crippen molar-refractivity contribution in [2.45, 2.75) is 58.7 Å². The Labute approximate surface area is 162 Å². The number of rotatable bonds is 8. The van der Waals surface area contributed by atoms with E-state index in [0.29, 0.717) is 5.56 Å². The Hall–Kier alpha value is -2.94. The normalized spacial score (nSPS) is 13.0. The van der Waals surface area contributed by atoms with E-state index >= 15 is 0 Å². The molecule has 0 unspecified atom stereocenters. The summed E-state index contributed by atoms with van der Waals surface area (Å²) in [6.45, 7) is 5.68. The Bertz CT molecular complexity index is 691. The summed E-state index contributed by atoms with van der Waals surface area (Å²) in [5.74, 6) is -2.94. The summed E-state index contributed by atoms with van der Waals surface area (Å²) in [7, 11) is 0. The molecule has 0 fully saturated rings. The lowest BCUT2D eigenvalue weighted by atomic mass is 10.2. The fourth-order valence-corrected chi connectivity index (χ4v) is 1.79. The molecule has 0 aliphatic rings. The lowest BCUT2D eigenvalue weighted by molar-refractivity contribution is -0.179. The number of ether oxygens (including phenoxy) is 4. The molecule has 0 heterocycles. The number of aliphatic hydroxyl groups excluding tert-OH is 1. The van der Waals surface area contributed by atoms with Crippen molar-refractivity contribution >= 4 is 23.9 Å². The van der Waals surface area contributed by atoms with Crippen LogP contribution in [-0.2, 0) is 39.9 Å². The zero-order valence-electron chi connectivity index (χ0n) is 16.2. The van der Waals surface area contributed by atoms with Gasteiger partial charge in [0.1, 0.15) is 12.2 Å². The van der Waals surface area contributed by atoms with Crippen molar-refractivity contribution in [1.29, 1.82) is 0 Å². The number of esters is 2. The van der Waals surface area contributed by atoms with Crippen LogP contribution in [0.4, 0.5) is 4.79 Å². The second-order valence-electron chi connectivity index (χ2n) is 6.82. The van der Waals surface area contributed by atoms with Crippen LogP contribution in [0, 0.1) is 0 Å². The van der Waals surface area contributed by atoms with Gasteiger partial charge in [-0.05, 0) is 26.3 Å². The van der Waals surface area contributed by atoms with Crippen LogP contribution in [0.2, 0.25) is 0 Å². The Kier molecular flexibility index (Phi) is 8.59. The van der Waals surface area contributed by atoms with Crippen molar-refractivity contribution < 1.29 is 43.2 Å². The van der Waals surface area contributed by atoms with Crippen molar-refractivity contribution in [3.63, 3.8) is 0 Å². The van der Waals surface area contributed by atoms with Crippen LogP contribution in [0.5, 0.6) is 0 Å². The number of aliphatic hydroxyl groups is 1. The number of Topliss-reactive ketones (excluding diaryl/α,β-unsaturated/α-hetero) is 1. The van der Waals surface area contributed by atoms with Crippen molar-refractivity contribution in [3.8, 4) is 0 Å². The molecular formula is C19H24O9. The van der Waals surface area contributed by atoms with Crippen LogP contribution in [0.15, 0.2) is 30.3 Å². The van der Waals surface area contributed by atoms with E-state index in [2.05, 4.69) is 4.74 Å². The molecule has 0 aliphatic carbocycles. The molecule has 1 N–H and O–H groups in total. The first kappa shape index (κ1) is 23.1. The number of carbonyl (C=O) groups excluding carboxylic acids is 4. The summed E-state index contributed by atoms with van der Waals surface area (Å²) in [5.41, 5.74) is -0.206. The maximum atomic E-state index is 12.3. The summed E-state index contributed by atoms with van der Waals surface area (Å²) >= 11 is 0. The monoisotopic (exact) mass is 396 g/mol. The van der Waals surface area contributed by atoms with Gasteiger partial charge in [-0.25, -0.2) is 9.59 Å². The molecule has 0 bridgehead atoms. The van der Waals surface area contributed by atoms with Gasteiger partial charge in [0, 0.05) is 6.92 Å². The summed E-state index contributed by atoms with van der Waals surface area (Å²) in [6, 6.07) is 8.72. The van der Waals surface area contributed by atoms with Crippen molar-refractivity contribution in [3.05, 3.63) is 35.9 Å². The molecule has 0 aliphatic heterocycles. The highest BCUT2D eigenvalue weighted by Gasteiger charge is 2.32. The Balaban J connectivity index is 2.77. The van der Waals surface area contributed by atoms with Gasteiger partial charge in [-0.2, -0.15) is 0 Å². The van der Waals surface area contributed by atoms with Crippen molar-refractivity contribution in [2.75, 3.05) is 0 Å². The minimum atomic E-state index is -1.98. The smallest absolute Gasteiger partial charge is 0.458 e. The van der Waals surface area contributed by atoms with E-state index in [9.17, 15) is 24.3 Å². The van der Waals surface area contributed by atoms with Gasteiger partial charge in [0.05, 0.1) is 6.42 Å². The van der Waals surface area contributed by atoms with Gasteiger partial charge in [0.15, 0.2) is 5.78 Å². The van der Waals surface area contributed by atoms with Crippen LogP contribution in [0.1, 0.15) is 39.7 Å².